The molecule has 1 aromatic heterocycles. The van der Waals surface area contributed by atoms with Gasteiger partial charge >= 0.3 is 5.97 Å². The third-order valence-corrected chi connectivity index (χ3v) is 3.47. The second kappa shape index (κ2) is 8.22. The molecule has 0 atom stereocenters. The molecule has 132 valence electrons. The van der Waals surface area contributed by atoms with Crippen LogP contribution in [-0.4, -0.2) is 47.7 Å². The first-order valence-corrected chi connectivity index (χ1v) is 7.57. The number of hydrogen-bond acceptors (Lipinski definition) is 6. The van der Waals surface area contributed by atoms with Crippen LogP contribution in [0.4, 0.5) is 0 Å². The normalized spacial score (nSPS) is 12.2. The van der Waals surface area contributed by atoms with Crippen molar-refractivity contribution in [2.45, 2.75) is 26.1 Å². The Morgan fingerprint density at radius 1 is 1.36 bits per heavy atom. The molecule has 1 aromatic carbocycles. The minimum absolute atomic E-state index is 0.0135. The molecule has 0 unspecified atom stereocenters. The second-order valence-corrected chi connectivity index (χ2v) is 5.27. The first-order chi connectivity index (χ1) is 11.9. The van der Waals surface area contributed by atoms with Gasteiger partial charge in [0.05, 0.1) is 6.20 Å². The van der Waals surface area contributed by atoms with Gasteiger partial charge in [-0.3, -0.25) is 4.79 Å². The number of phenols is 1. The Morgan fingerprint density at radius 3 is 2.76 bits per heavy atom. The molecule has 2 aromatic rings. The Labute approximate surface area is 144 Å². The van der Waals surface area contributed by atoms with E-state index in [1.807, 2.05) is 0 Å². The quantitative estimate of drug-likeness (QED) is 0.439. The summed E-state index contributed by atoms with van der Waals surface area (Å²) >= 11 is 0. The maximum Gasteiger partial charge on any atom is 0.303 e. The number of nitrogens with zero attached hydrogens (tertiary/aromatic N) is 3. The number of benzene rings is 1. The van der Waals surface area contributed by atoms with E-state index in [9.17, 15) is 9.90 Å². The maximum absolute atomic E-state index is 10.7. The number of aliphatic carboxylic acids is 1. The molecule has 0 spiro atoms. The van der Waals surface area contributed by atoms with Gasteiger partial charge < -0.3 is 20.4 Å². The first-order valence-electron chi connectivity index (χ1n) is 7.57. The molecule has 0 aliphatic carbocycles. The van der Waals surface area contributed by atoms with E-state index in [1.54, 1.807) is 31.2 Å². The highest BCUT2D eigenvalue weighted by Crippen LogP contribution is 2.22. The molecule has 2 rings (SSSR count). The van der Waals surface area contributed by atoms with Gasteiger partial charge in [-0.1, -0.05) is 18.2 Å². The van der Waals surface area contributed by atoms with Crippen LogP contribution >= 0.6 is 0 Å². The summed E-state index contributed by atoms with van der Waals surface area (Å²) in [4.78, 5) is 11.9. The van der Waals surface area contributed by atoms with E-state index in [0.29, 0.717) is 23.4 Å². The Bertz CT molecular complexity index is 808. The van der Waals surface area contributed by atoms with Crippen LogP contribution in [0.25, 0.3) is 11.8 Å². The highest BCUT2D eigenvalue weighted by molar-refractivity contribution is 5.67. The fourth-order valence-electron chi connectivity index (χ4n) is 2.12. The van der Waals surface area contributed by atoms with Gasteiger partial charge in [-0.15, -0.1) is 9.90 Å². The van der Waals surface area contributed by atoms with Crippen LogP contribution in [-0.2, 0) is 11.2 Å². The minimum atomic E-state index is -1.58. The lowest BCUT2D eigenvalue weighted by Gasteiger charge is -2.06. The van der Waals surface area contributed by atoms with Crippen molar-refractivity contribution in [1.82, 2.24) is 15.0 Å². The Hall–Kier alpha value is -2.97. The van der Waals surface area contributed by atoms with Gasteiger partial charge in [-0.05, 0) is 37.1 Å². The molecule has 8 heteroatoms. The van der Waals surface area contributed by atoms with Crippen LogP contribution < -0.4 is 0 Å². The SMILES string of the molecule is CC=C(C=Cc1cnn(-c2cc(CCC(=O)O)ccc2O)n1)C(O)O. The number of aliphatic hydroxyl groups is 2. The summed E-state index contributed by atoms with van der Waals surface area (Å²) in [5.74, 6) is -0.935. The lowest BCUT2D eigenvalue weighted by atomic mass is 10.1. The fraction of sp³-hybridized carbons (Fsp3) is 0.235. The standard InChI is InChI=1S/C17H19N3O5/c1-2-12(17(24)25)5-6-13-10-18-20(19-13)14-9-11(3-7-15(14)21)4-8-16(22)23/h2-3,5-7,9-10,17,21,24-25H,4,8H2,1H3,(H,22,23). The van der Waals surface area contributed by atoms with Gasteiger partial charge in [0.2, 0.25) is 0 Å². The van der Waals surface area contributed by atoms with Gasteiger partial charge in [0.25, 0.3) is 0 Å². The lowest BCUT2D eigenvalue weighted by Crippen LogP contribution is -2.05. The van der Waals surface area contributed by atoms with Crippen LogP contribution in [0.15, 0.2) is 42.1 Å². The Morgan fingerprint density at radius 2 is 2.12 bits per heavy atom. The third kappa shape index (κ3) is 5.00. The summed E-state index contributed by atoms with van der Waals surface area (Å²) < 4.78 is 0. The van der Waals surface area contributed by atoms with Crippen molar-refractivity contribution in [3.8, 4) is 11.4 Å². The molecular weight excluding hydrogens is 326 g/mol. The average molecular weight is 345 g/mol. The molecule has 0 fully saturated rings. The lowest BCUT2D eigenvalue weighted by molar-refractivity contribution is -0.136. The first kappa shape index (κ1) is 18.4. The van der Waals surface area contributed by atoms with E-state index in [2.05, 4.69) is 10.2 Å². The summed E-state index contributed by atoms with van der Waals surface area (Å²) in [5.41, 5.74) is 1.84. The largest absolute Gasteiger partial charge is 0.506 e. The zero-order chi connectivity index (χ0) is 18.4. The van der Waals surface area contributed by atoms with Gasteiger partial charge in [0.1, 0.15) is 17.1 Å². The van der Waals surface area contributed by atoms with Crippen molar-refractivity contribution < 1.29 is 25.2 Å². The van der Waals surface area contributed by atoms with E-state index in [1.165, 1.54) is 23.1 Å². The van der Waals surface area contributed by atoms with Crippen LogP contribution in [0.1, 0.15) is 24.6 Å². The number of carbonyl (C=O) groups is 1. The highest BCUT2D eigenvalue weighted by Gasteiger charge is 2.09. The summed E-state index contributed by atoms with van der Waals surface area (Å²) in [6, 6.07) is 4.74. The number of carboxylic acids is 1. The number of rotatable bonds is 7. The molecule has 0 saturated carbocycles. The summed E-state index contributed by atoms with van der Waals surface area (Å²) in [5, 5.41) is 45.3. The van der Waals surface area contributed by atoms with Crippen molar-refractivity contribution >= 4 is 12.0 Å². The number of aromatic nitrogens is 3. The second-order valence-electron chi connectivity index (χ2n) is 5.27. The molecule has 0 amide bonds. The summed E-state index contributed by atoms with van der Waals surface area (Å²) in [6.07, 6.45) is 4.81. The molecule has 0 aliphatic rings. The van der Waals surface area contributed by atoms with Crippen molar-refractivity contribution in [2.24, 2.45) is 0 Å². The zero-order valence-corrected chi connectivity index (χ0v) is 13.6. The number of phenolic OH excluding ortho intramolecular Hbond substituents is 1. The molecule has 25 heavy (non-hydrogen) atoms. The zero-order valence-electron chi connectivity index (χ0n) is 13.6. The molecule has 4 N–H and O–H groups in total. The third-order valence-electron chi connectivity index (χ3n) is 3.47. The van der Waals surface area contributed by atoms with Gasteiger partial charge in [0, 0.05) is 12.0 Å². The monoisotopic (exact) mass is 345 g/mol. The van der Waals surface area contributed by atoms with Crippen molar-refractivity contribution in [3.05, 3.63) is 53.4 Å². The van der Waals surface area contributed by atoms with Gasteiger partial charge in [-0.25, -0.2) is 0 Å². The van der Waals surface area contributed by atoms with E-state index in [0.717, 1.165) is 5.56 Å². The summed E-state index contributed by atoms with van der Waals surface area (Å²) in [7, 11) is 0. The van der Waals surface area contributed by atoms with Crippen molar-refractivity contribution in [1.29, 1.82) is 0 Å². The number of aliphatic hydroxyl groups excluding tert-OH is 1. The fourth-order valence-corrected chi connectivity index (χ4v) is 2.12. The smallest absolute Gasteiger partial charge is 0.303 e. The predicted octanol–water partition coefficient (Wildman–Crippen LogP) is 1.26. The molecule has 0 bridgehead atoms. The molecule has 0 aliphatic heterocycles. The number of aryl methyl sites for hydroxylation is 1. The number of hydrogen-bond donors (Lipinski definition) is 4. The number of carboxylic acid groups (broad SMARTS) is 1. The van der Waals surface area contributed by atoms with Crippen molar-refractivity contribution in [3.63, 3.8) is 0 Å². The van der Waals surface area contributed by atoms with E-state index in [-0.39, 0.29) is 12.2 Å². The average Bonchev–Trinajstić information content (AvgIpc) is 3.03. The van der Waals surface area contributed by atoms with Crippen LogP contribution in [0.3, 0.4) is 0 Å². The molecule has 0 radical (unpaired) electrons. The van der Waals surface area contributed by atoms with Gasteiger partial charge in [-0.2, -0.15) is 5.10 Å². The Kier molecular flexibility index (Phi) is 6.04. The topological polar surface area (TPSA) is 129 Å². The number of aromatic hydroxyl groups is 1. The van der Waals surface area contributed by atoms with Gasteiger partial charge in [0.15, 0.2) is 6.29 Å². The van der Waals surface area contributed by atoms with E-state index >= 15 is 0 Å². The minimum Gasteiger partial charge on any atom is -0.506 e. The van der Waals surface area contributed by atoms with Crippen molar-refractivity contribution in [2.75, 3.05) is 0 Å². The van der Waals surface area contributed by atoms with Crippen LogP contribution in [0.5, 0.6) is 5.75 Å². The maximum atomic E-state index is 10.7. The van der Waals surface area contributed by atoms with E-state index < -0.39 is 12.3 Å². The molecule has 8 nitrogen and oxygen atoms in total. The van der Waals surface area contributed by atoms with E-state index in [4.69, 9.17) is 15.3 Å². The van der Waals surface area contributed by atoms with Crippen LogP contribution in [0.2, 0.25) is 0 Å². The summed E-state index contributed by atoms with van der Waals surface area (Å²) in [6.45, 7) is 1.68. The molecular formula is C17H19N3O5. The molecule has 1 heterocycles. The predicted molar refractivity (Wildman–Crippen MR) is 90.0 cm³/mol. The Balaban J connectivity index is 2.22. The highest BCUT2D eigenvalue weighted by atomic mass is 16.5. The molecule has 0 saturated heterocycles. The van der Waals surface area contributed by atoms with Crippen LogP contribution in [0, 0.1) is 0 Å². The number of allylic oxidation sites excluding steroid dienone is 1.